The Morgan fingerprint density at radius 3 is 2.76 bits per heavy atom. The fraction of sp³-hybridized carbons (Fsp3) is 0.0714. The normalized spacial score (nSPS) is 12.3. The minimum Gasteiger partial charge on any atom is -0.454 e. The van der Waals surface area contributed by atoms with Gasteiger partial charge in [-0.2, -0.15) is 0 Å². The van der Waals surface area contributed by atoms with E-state index in [0.29, 0.717) is 17.2 Å². The summed E-state index contributed by atoms with van der Waals surface area (Å²) in [7, 11) is 0. The first-order valence-corrected chi connectivity index (χ1v) is 6.38. The Morgan fingerprint density at radius 2 is 2.00 bits per heavy atom. The molecule has 0 aromatic heterocycles. The van der Waals surface area contributed by atoms with Gasteiger partial charge in [-0.05, 0) is 12.1 Å². The number of amides is 1. The summed E-state index contributed by atoms with van der Waals surface area (Å²) in [5.41, 5.74) is 5.70. The second-order valence-corrected chi connectivity index (χ2v) is 4.75. The standard InChI is InChI=1S/C14H10ClFN2O3/c15-8-4-11-12(21-6-20-11)5-10(8)18-14(19)7-2-1-3-9(16)13(7)17/h1-5H,6,17H2,(H,18,19). The summed E-state index contributed by atoms with van der Waals surface area (Å²) in [6.07, 6.45) is 0. The Morgan fingerprint density at radius 1 is 1.29 bits per heavy atom. The van der Waals surface area contributed by atoms with Crippen LogP contribution in [0.4, 0.5) is 15.8 Å². The first-order valence-electron chi connectivity index (χ1n) is 6.01. The van der Waals surface area contributed by atoms with Crippen LogP contribution in [-0.2, 0) is 0 Å². The Hall–Kier alpha value is -2.47. The van der Waals surface area contributed by atoms with E-state index in [1.165, 1.54) is 30.3 Å². The number of halogens is 2. The number of ether oxygens (including phenoxy) is 2. The number of benzene rings is 2. The number of carbonyl (C=O) groups is 1. The number of para-hydroxylation sites is 1. The van der Waals surface area contributed by atoms with Crippen LogP contribution < -0.4 is 20.5 Å². The number of nitrogens with one attached hydrogen (secondary N) is 1. The monoisotopic (exact) mass is 308 g/mol. The van der Waals surface area contributed by atoms with E-state index >= 15 is 0 Å². The molecule has 0 aliphatic carbocycles. The maximum atomic E-state index is 13.4. The predicted molar refractivity (Wildman–Crippen MR) is 76.3 cm³/mol. The lowest BCUT2D eigenvalue weighted by molar-refractivity contribution is 0.102. The van der Waals surface area contributed by atoms with Gasteiger partial charge in [0, 0.05) is 12.1 Å². The summed E-state index contributed by atoms with van der Waals surface area (Å²) in [4.78, 5) is 12.2. The highest BCUT2D eigenvalue weighted by Gasteiger charge is 2.19. The number of hydrogen-bond acceptors (Lipinski definition) is 4. The SMILES string of the molecule is Nc1c(F)cccc1C(=O)Nc1cc2c(cc1Cl)OCO2. The van der Waals surface area contributed by atoms with Crippen LogP contribution in [0.2, 0.25) is 5.02 Å². The summed E-state index contributed by atoms with van der Waals surface area (Å²) in [6, 6.07) is 7.09. The Balaban J connectivity index is 1.90. The highest BCUT2D eigenvalue weighted by atomic mass is 35.5. The molecule has 0 atom stereocenters. The van der Waals surface area contributed by atoms with Crippen LogP contribution in [0.15, 0.2) is 30.3 Å². The lowest BCUT2D eigenvalue weighted by Crippen LogP contribution is -2.15. The van der Waals surface area contributed by atoms with Crippen LogP contribution in [0, 0.1) is 5.82 Å². The summed E-state index contributed by atoms with van der Waals surface area (Å²) in [5, 5.41) is 2.85. The topological polar surface area (TPSA) is 73.6 Å². The molecule has 0 saturated carbocycles. The molecule has 0 radical (unpaired) electrons. The van der Waals surface area contributed by atoms with Crippen LogP contribution in [0.1, 0.15) is 10.4 Å². The highest BCUT2D eigenvalue weighted by Crippen LogP contribution is 2.39. The summed E-state index contributed by atoms with van der Waals surface area (Å²) in [6.45, 7) is 0.0971. The maximum absolute atomic E-state index is 13.4. The minimum atomic E-state index is -0.653. The van der Waals surface area contributed by atoms with Crippen LogP contribution in [0.5, 0.6) is 11.5 Å². The fourth-order valence-corrected chi connectivity index (χ4v) is 2.14. The van der Waals surface area contributed by atoms with Crippen molar-refractivity contribution in [3.63, 3.8) is 0 Å². The van der Waals surface area contributed by atoms with Gasteiger partial charge in [0.25, 0.3) is 5.91 Å². The van der Waals surface area contributed by atoms with E-state index in [1.54, 1.807) is 0 Å². The molecule has 3 rings (SSSR count). The molecule has 21 heavy (non-hydrogen) atoms. The van der Waals surface area contributed by atoms with Crippen LogP contribution in [0.25, 0.3) is 0 Å². The molecular weight excluding hydrogens is 299 g/mol. The average molecular weight is 309 g/mol. The second kappa shape index (κ2) is 5.14. The molecule has 3 N–H and O–H groups in total. The van der Waals surface area contributed by atoms with E-state index in [-0.39, 0.29) is 23.1 Å². The molecule has 0 unspecified atom stereocenters. The molecule has 5 nitrogen and oxygen atoms in total. The molecule has 1 aliphatic rings. The molecule has 1 amide bonds. The van der Waals surface area contributed by atoms with Gasteiger partial charge in [0.1, 0.15) is 5.82 Å². The quantitative estimate of drug-likeness (QED) is 0.836. The van der Waals surface area contributed by atoms with E-state index in [9.17, 15) is 9.18 Å². The first kappa shape index (κ1) is 13.5. The van der Waals surface area contributed by atoms with E-state index in [2.05, 4.69) is 5.32 Å². The van der Waals surface area contributed by atoms with Crippen molar-refractivity contribution in [2.75, 3.05) is 17.8 Å². The number of rotatable bonds is 2. The molecule has 7 heteroatoms. The molecule has 108 valence electrons. The van der Waals surface area contributed by atoms with Crippen molar-refractivity contribution >= 4 is 28.9 Å². The van der Waals surface area contributed by atoms with Gasteiger partial charge in [0.2, 0.25) is 6.79 Å². The first-order chi connectivity index (χ1) is 10.1. The third kappa shape index (κ3) is 2.45. The van der Waals surface area contributed by atoms with Gasteiger partial charge in [0.05, 0.1) is 22.0 Å². The fourth-order valence-electron chi connectivity index (χ4n) is 1.94. The summed E-state index contributed by atoms with van der Waals surface area (Å²) in [5.74, 6) is -0.239. The highest BCUT2D eigenvalue weighted by molar-refractivity contribution is 6.34. The van der Waals surface area contributed by atoms with Crippen molar-refractivity contribution in [3.8, 4) is 11.5 Å². The largest absolute Gasteiger partial charge is 0.454 e. The third-order valence-electron chi connectivity index (χ3n) is 3.01. The van der Waals surface area contributed by atoms with Gasteiger partial charge >= 0.3 is 0 Å². The second-order valence-electron chi connectivity index (χ2n) is 4.34. The lowest BCUT2D eigenvalue weighted by atomic mass is 10.1. The number of fused-ring (bicyclic) bond motifs is 1. The zero-order valence-electron chi connectivity index (χ0n) is 10.7. The molecule has 2 aromatic carbocycles. The van der Waals surface area contributed by atoms with Crippen LogP contribution in [-0.4, -0.2) is 12.7 Å². The molecule has 0 bridgehead atoms. The Kier molecular flexibility index (Phi) is 3.31. The van der Waals surface area contributed by atoms with Gasteiger partial charge in [-0.25, -0.2) is 4.39 Å². The van der Waals surface area contributed by atoms with Gasteiger partial charge < -0.3 is 20.5 Å². The van der Waals surface area contributed by atoms with E-state index < -0.39 is 11.7 Å². The lowest BCUT2D eigenvalue weighted by Gasteiger charge is -2.10. The van der Waals surface area contributed by atoms with Crippen molar-refractivity contribution < 1.29 is 18.7 Å². The van der Waals surface area contributed by atoms with Crippen molar-refractivity contribution in [2.45, 2.75) is 0 Å². The van der Waals surface area contributed by atoms with Crippen molar-refractivity contribution in [1.82, 2.24) is 0 Å². The van der Waals surface area contributed by atoms with Gasteiger partial charge in [-0.15, -0.1) is 0 Å². The number of anilines is 2. The summed E-state index contributed by atoms with van der Waals surface area (Å²) >= 11 is 6.05. The zero-order chi connectivity index (χ0) is 15.0. The van der Waals surface area contributed by atoms with Crippen molar-refractivity contribution in [1.29, 1.82) is 0 Å². The zero-order valence-corrected chi connectivity index (χ0v) is 11.4. The van der Waals surface area contributed by atoms with Crippen molar-refractivity contribution in [3.05, 3.63) is 46.7 Å². The van der Waals surface area contributed by atoms with E-state index in [4.69, 9.17) is 26.8 Å². The number of nitrogen functional groups attached to an aromatic ring is 1. The maximum Gasteiger partial charge on any atom is 0.257 e. The molecule has 0 spiro atoms. The van der Waals surface area contributed by atoms with Crippen LogP contribution in [0.3, 0.4) is 0 Å². The van der Waals surface area contributed by atoms with Crippen LogP contribution >= 0.6 is 11.6 Å². The molecule has 0 fully saturated rings. The van der Waals surface area contributed by atoms with Gasteiger partial charge in [-0.1, -0.05) is 17.7 Å². The smallest absolute Gasteiger partial charge is 0.257 e. The Labute approximate surface area is 124 Å². The number of carbonyl (C=O) groups excluding carboxylic acids is 1. The minimum absolute atomic E-state index is 0.0312. The average Bonchev–Trinajstić information content (AvgIpc) is 2.89. The molecule has 1 heterocycles. The predicted octanol–water partition coefficient (Wildman–Crippen LogP) is 3.04. The van der Waals surface area contributed by atoms with Crippen molar-refractivity contribution in [2.24, 2.45) is 0 Å². The Bertz CT molecular complexity index is 736. The number of nitrogens with two attached hydrogens (primary N) is 1. The van der Waals surface area contributed by atoms with Gasteiger partial charge in [-0.3, -0.25) is 4.79 Å². The third-order valence-corrected chi connectivity index (χ3v) is 3.32. The number of hydrogen-bond donors (Lipinski definition) is 2. The summed E-state index contributed by atoms with van der Waals surface area (Å²) < 4.78 is 23.7. The van der Waals surface area contributed by atoms with E-state index in [1.807, 2.05) is 0 Å². The van der Waals surface area contributed by atoms with E-state index in [0.717, 1.165) is 0 Å². The molecule has 2 aromatic rings. The molecular formula is C14H10ClFN2O3. The molecule has 1 aliphatic heterocycles. The van der Waals surface area contributed by atoms with Gasteiger partial charge in [0.15, 0.2) is 11.5 Å². The molecule has 0 saturated heterocycles.